The first kappa shape index (κ1) is 20.5. The van der Waals surface area contributed by atoms with Crippen molar-refractivity contribution in [3.63, 3.8) is 0 Å². The molecule has 0 saturated heterocycles. The van der Waals surface area contributed by atoms with Crippen LogP contribution < -0.4 is 15.4 Å². The number of guanidine groups is 1. The second kappa shape index (κ2) is 10.3. The molecule has 27 heavy (non-hydrogen) atoms. The van der Waals surface area contributed by atoms with Crippen molar-refractivity contribution in [2.45, 2.75) is 26.6 Å². The first-order chi connectivity index (χ1) is 13.0. The number of benzene rings is 2. The van der Waals surface area contributed by atoms with E-state index in [-0.39, 0.29) is 12.3 Å². The molecule has 2 N–H and O–H groups in total. The molecule has 2 aromatic carbocycles. The summed E-state index contributed by atoms with van der Waals surface area (Å²) in [7, 11) is 0. The van der Waals surface area contributed by atoms with Gasteiger partial charge in [-0.05, 0) is 42.8 Å². The van der Waals surface area contributed by atoms with Crippen molar-refractivity contribution in [3.05, 3.63) is 64.2 Å². The maximum absolute atomic E-state index is 12.6. The zero-order chi connectivity index (χ0) is 19.6. The standard InChI is InChI=1S/C19H19ClF2N4O/c1-2-24-19(25-11-14-5-3-13(10-23)4-6-14)26-12-15-9-16(20)7-8-17(15)27-18(21)22/h3-9,18H,2,11-12H2,1H3,(H2,24,25,26). The number of ether oxygens (including phenoxy) is 1. The summed E-state index contributed by atoms with van der Waals surface area (Å²) >= 11 is 5.96. The minimum absolute atomic E-state index is 0.0600. The van der Waals surface area contributed by atoms with E-state index in [0.717, 1.165) is 5.56 Å². The Morgan fingerprint density at radius 1 is 1.22 bits per heavy atom. The van der Waals surface area contributed by atoms with Gasteiger partial charge in [0.2, 0.25) is 0 Å². The summed E-state index contributed by atoms with van der Waals surface area (Å²) in [6, 6.07) is 13.6. The molecule has 0 saturated carbocycles. The van der Waals surface area contributed by atoms with Crippen molar-refractivity contribution < 1.29 is 13.5 Å². The lowest BCUT2D eigenvalue weighted by Crippen LogP contribution is -2.36. The molecule has 8 heteroatoms. The van der Waals surface area contributed by atoms with Crippen LogP contribution >= 0.6 is 11.6 Å². The van der Waals surface area contributed by atoms with Crippen LogP contribution in [0.2, 0.25) is 5.02 Å². The summed E-state index contributed by atoms with van der Waals surface area (Å²) < 4.78 is 29.6. The molecule has 0 amide bonds. The fourth-order valence-corrected chi connectivity index (χ4v) is 2.47. The summed E-state index contributed by atoms with van der Waals surface area (Å²) in [5.74, 6) is 0.578. The van der Waals surface area contributed by atoms with Gasteiger partial charge in [0, 0.05) is 23.7 Å². The molecule has 0 heterocycles. The van der Waals surface area contributed by atoms with E-state index in [4.69, 9.17) is 16.9 Å². The number of nitrogens with zero attached hydrogens (tertiary/aromatic N) is 2. The van der Waals surface area contributed by atoms with Gasteiger partial charge >= 0.3 is 6.61 Å². The van der Waals surface area contributed by atoms with Crippen molar-refractivity contribution in [1.82, 2.24) is 10.6 Å². The summed E-state index contributed by atoms with van der Waals surface area (Å²) in [4.78, 5) is 4.46. The molecule has 2 aromatic rings. The number of nitriles is 1. The van der Waals surface area contributed by atoms with Gasteiger partial charge in [0.1, 0.15) is 5.75 Å². The van der Waals surface area contributed by atoms with Gasteiger partial charge in [0.15, 0.2) is 5.96 Å². The van der Waals surface area contributed by atoms with Crippen LogP contribution in [-0.4, -0.2) is 19.1 Å². The molecule has 0 aliphatic rings. The van der Waals surface area contributed by atoms with E-state index in [2.05, 4.69) is 26.4 Å². The fourth-order valence-electron chi connectivity index (χ4n) is 2.27. The van der Waals surface area contributed by atoms with Gasteiger partial charge < -0.3 is 15.4 Å². The normalized spacial score (nSPS) is 11.2. The van der Waals surface area contributed by atoms with Crippen LogP contribution in [0.25, 0.3) is 0 Å². The smallest absolute Gasteiger partial charge is 0.387 e. The summed E-state index contributed by atoms with van der Waals surface area (Å²) in [6.45, 7) is 0.251. The van der Waals surface area contributed by atoms with E-state index >= 15 is 0 Å². The quantitative estimate of drug-likeness (QED) is 0.550. The second-order valence-electron chi connectivity index (χ2n) is 5.49. The SMILES string of the molecule is CCNC(=NCc1ccc(C#N)cc1)NCc1cc(Cl)ccc1OC(F)F. The van der Waals surface area contributed by atoms with Crippen molar-refractivity contribution in [3.8, 4) is 11.8 Å². The summed E-state index contributed by atoms with van der Waals surface area (Å²) in [5.41, 5.74) is 2.02. The molecule has 0 radical (unpaired) electrons. The average molecular weight is 393 g/mol. The molecular weight excluding hydrogens is 374 g/mol. The van der Waals surface area contributed by atoms with Gasteiger partial charge in [0.25, 0.3) is 0 Å². The molecule has 0 aromatic heterocycles. The highest BCUT2D eigenvalue weighted by Crippen LogP contribution is 2.24. The lowest BCUT2D eigenvalue weighted by molar-refractivity contribution is -0.0504. The molecule has 0 atom stereocenters. The predicted molar refractivity (Wildman–Crippen MR) is 101 cm³/mol. The molecule has 0 bridgehead atoms. The number of nitrogens with one attached hydrogen (secondary N) is 2. The van der Waals surface area contributed by atoms with Crippen LogP contribution in [0.4, 0.5) is 8.78 Å². The monoisotopic (exact) mass is 392 g/mol. The fraction of sp³-hybridized carbons (Fsp3) is 0.263. The van der Waals surface area contributed by atoms with Crippen molar-refractivity contribution in [2.24, 2.45) is 4.99 Å². The van der Waals surface area contributed by atoms with Gasteiger partial charge in [-0.1, -0.05) is 23.7 Å². The van der Waals surface area contributed by atoms with Crippen molar-refractivity contribution in [2.75, 3.05) is 6.54 Å². The molecule has 0 unspecified atom stereocenters. The first-order valence-electron chi connectivity index (χ1n) is 8.26. The zero-order valence-electron chi connectivity index (χ0n) is 14.7. The predicted octanol–water partition coefficient (Wildman–Crippen LogP) is 4.07. The second-order valence-corrected chi connectivity index (χ2v) is 5.92. The molecule has 5 nitrogen and oxygen atoms in total. The van der Waals surface area contributed by atoms with Crippen LogP contribution in [0.5, 0.6) is 5.75 Å². The van der Waals surface area contributed by atoms with Crippen molar-refractivity contribution >= 4 is 17.6 Å². The lowest BCUT2D eigenvalue weighted by atomic mass is 10.1. The first-order valence-corrected chi connectivity index (χ1v) is 8.64. The Kier molecular flexibility index (Phi) is 7.83. The van der Waals surface area contributed by atoms with E-state index in [0.29, 0.717) is 35.2 Å². The minimum Gasteiger partial charge on any atom is -0.434 e. The Hall–Kier alpha value is -2.85. The van der Waals surface area contributed by atoms with Gasteiger partial charge in [0.05, 0.1) is 18.2 Å². The number of hydrogen-bond donors (Lipinski definition) is 2. The summed E-state index contributed by atoms with van der Waals surface area (Å²) in [6.07, 6.45) is 0. The highest BCUT2D eigenvalue weighted by molar-refractivity contribution is 6.30. The van der Waals surface area contributed by atoms with Crippen LogP contribution in [0.3, 0.4) is 0 Å². The third kappa shape index (κ3) is 6.76. The third-order valence-corrected chi connectivity index (χ3v) is 3.77. The van der Waals surface area contributed by atoms with Crippen LogP contribution in [0, 0.1) is 11.3 Å². The molecule has 142 valence electrons. The number of rotatable bonds is 7. The highest BCUT2D eigenvalue weighted by Gasteiger charge is 2.11. The molecule has 0 aliphatic carbocycles. The topological polar surface area (TPSA) is 69.4 Å². The Morgan fingerprint density at radius 2 is 1.96 bits per heavy atom. The van der Waals surface area contributed by atoms with E-state index in [1.54, 1.807) is 18.2 Å². The summed E-state index contributed by atoms with van der Waals surface area (Å²) in [5, 5.41) is 15.4. The Labute approximate surface area is 161 Å². The Morgan fingerprint density at radius 3 is 2.59 bits per heavy atom. The number of alkyl halides is 2. The van der Waals surface area contributed by atoms with Crippen LogP contribution in [0.15, 0.2) is 47.5 Å². The van der Waals surface area contributed by atoms with E-state index in [9.17, 15) is 8.78 Å². The number of aliphatic imine (C=N–C) groups is 1. The Balaban J connectivity index is 2.07. The molecule has 2 rings (SSSR count). The maximum atomic E-state index is 12.6. The van der Waals surface area contributed by atoms with Gasteiger partial charge in [-0.25, -0.2) is 4.99 Å². The molecule has 0 aliphatic heterocycles. The zero-order valence-corrected chi connectivity index (χ0v) is 15.4. The largest absolute Gasteiger partial charge is 0.434 e. The van der Waals surface area contributed by atoms with Gasteiger partial charge in [-0.3, -0.25) is 0 Å². The molecule has 0 spiro atoms. The highest BCUT2D eigenvalue weighted by atomic mass is 35.5. The van der Waals surface area contributed by atoms with Gasteiger partial charge in [-0.2, -0.15) is 14.0 Å². The average Bonchev–Trinajstić information content (AvgIpc) is 2.66. The van der Waals surface area contributed by atoms with E-state index in [1.807, 2.05) is 19.1 Å². The third-order valence-electron chi connectivity index (χ3n) is 3.53. The molecular formula is C19H19ClF2N4O. The minimum atomic E-state index is -2.91. The van der Waals surface area contributed by atoms with Gasteiger partial charge in [-0.15, -0.1) is 0 Å². The maximum Gasteiger partial charge on any atom is 0.387 e. The van der Waals surface area contributed by atoms with Crippen LogP contribution in [-0.2, 0) is 13.1 Å². The van der Waals surface area contributed by atoms with E-state index in [1.165, 1.54) is 12.1 Å². The number of hydrogen-bond acceptors (Lipinski definition) is 3. The van der Waals surface area contributed by atoms with E-state index < -0.39 is 6.61 Å². The molecule has 0 fully saturated rings. The lowest BCUT2D eigenvalue weighted by Gasteiger charge is -2.14. The van der Waals surface area contributed by atoms with Crippen LogP contribution in [0.1, 0.15) is 23.6 Å². The number of halogens is 3. The Bertz CT molecular complexity index is 819. The van der Waals surface area contributed by atoms with Crippen molar-refractivity contribution in [1.29, 1.82) is 5.26 Å².